The van der Waals surface area contributed by atoms with Crippen molar-refractivity contribution in [3.8, 4) is 0 Å². The number of nitrogens with two attached hydrogens (primary N) is 1. The van der Waals surface area contributed by atoms with E-state index in [2.05, 4.69) is 34.0 Å². The molecular formula is C16H28N4S. The highest BCUT2D eigenvalue weighted by Gasteiger charge is 2.44. The summed E-state index contributed by atoms with van der Waals surface area (Å²) in [5.41, 5.74) is 6.51. The van der Waals surface area contributed by atoms with Gasteiger partial charge < -0.3 is 10.6 Å². The van der Waals surface area contributed by atoms with E-state index < -0.39 is 0 Å². The maximum atomic E-state index is 6.27. The molecule has 0 spiro atoms. The fourth-order valence-corrected chi connectivity index (χ4v) is 5.00. The van der Waals surface area contributed by atoms with E-state index in [1.54, 1.807) is 11.3 Å². The molecular weight excluding hydrogens is 280 g/mol. The van der Waals surface area contributed by atoms with Crippen LogP contribution in [0.3, 0.4) is 0 Å². The van der Waals surface area contributed by atoms with Crippen LogP contribution in [0.25, 0.3) is 0 Å². The Balaban J connectivity index is 1.67. The van der Waals surface area contributed by atoms with Crippen molar-refractivity contribution in [3.05, 3.63) is 11.6 Å². The standard InChI is InChI=1S/C16H28N4S/c1-13-3-4-16(12-17,14(2)11-13)20-8-6-19(7-9-20)15-18-5-10-21-15/h5,10,13-14H,3-4,6-9,11-12,17H2,1-2H3. The van der Waals surface area contributed by atoms with Crippen LogP contribution >= 0.6 is 11.3 Å². The second-order valence-corrected chi connectivity index (χ2v) is 7.75. The molecule has 2 heterocycles. The number of hydrogen-bond acceptors (Lipinski definition) is 5. The summed E-state index contributed by atoms with van der Waals surface area (Å²) < 4.78 is 0. The molecule has 1 saturated heterocycles. The molecule has 0 amide bonds. The van der Waals surface area contributed by atoms with Crippen LogP contribution in [0.15, 0.2) is 11.6 Å². The maximum absolute atomic E-state index is 6.27. The third kappa shape index (κ3) is 2.83. The molecule has 1 aromatic rings. The van der Waals surface area contributed by atoms with Crippen molar-refractivity contribution < 1.29 is 0 Å². The maximum Gasteiger partial charge on any atom is 0.185 e. The van der Waals surface area contributed by atoms with E-state index in [4.69, 9.17) is 5.73 Å². The summed E-state index contributed by atoms with van der Waals surface area (Å²) in [5, 5.41) is 3.23. The number of nitrogens with zero attached hydrogens (tertiary/aromatic N) is 3. The van der Waals surface area contributed by atoms with E-state index >= 15 is 0 Å². The Labute approximate surface area is 132 Å². The lowest BCUT2D eigenvalue weighted by Gasteiger charge is -2.53. The number of aromatic nitrogens is 1. The van der Waals surface area contributed by atoms with Gasteiger partial charge in [0.1, 0.15) is 0 Å². The van der Waals surface area contributed by atoms with Crippen LogP contribution in [0, 0.1) is 11.8 Å². The van der Waals surface area contributed by atoms with Gasteiger partial charge in [-0.25, -0.2) is 4.98 Å². The molecule has 0 radical (unpaired) electrons. The Kier molecular flexibility index (Phi) is 4.52. The Hall–Kier alpha value is -0.650. The zero-order valence-electron chi connectivity index (χ0n) is 13.3. The Bertz CT molecular complexity index is 441. The van der Waals surface area contributed by atoms with E-state index in [-0.39, 0.29) is 5.54 Å². The third-order valence-electron chi connectivity index (χ3n) is 5.70. The molecule has 4 nitrogen and oxygen atoms in total. The first-order valence-electron chi connectivity index (χ1n) is 8.25. The van der Waals surface area contributed by atoms with Crippen LogP contribution in [-0.2, 0) is 0 Å². The Morgan fingerprint density at radius 1 is 1.33 bits per heavy atom. The number of rotatable bonds is 3. The van der Waals surface area contributed by atoms with Gasteiger partial charge in [-0.3, -0.25) is 4.90 Å². The van der Waals surface area contributed by atoms with Crippen LogP contribution < -0.4 is 10.6 Å². The molecule has 3 unspecified atom stereocenters. The van der Waals surface area contributed by atoms with Crippen molar-refractivity contribution in [2.24, 2.45) is 17.6 Å². The average Bonchev–Trinajstić information content (AvgIpc) is 3.03. The lowest BCUT2D eigenvalue weighted by atomic mass is 9.68. The van der Waals surface area contributed by atoms with Crippen molar-refractivity contribution in [1.29, 1.82) is 0 Å². The first-order chi connectivity index (χ1) is 10.2. The van der Waals surface area contributed by atoms with Crippen molar-refractivity contribution in [2.45, 2.75) is 38.6 Å². The molecule has 21 heavy (non-hydrogen) atoms. The molecule has 1 aliphatic heterocycles. The smallest absolute Gasteiger partial charge is 0.185 e. The zero-order chi connectivity index (χ0) is 14.9. The average molecular weight is 308 g/mol. The largest absolute Gasteiger partial charge is 0.346 e. The molecule has 3 rings (SSSR count). The van der Waals surface area contributed by atoms with Gasteiger partial charge in [0, 0.05) is 49.8 Å². The first kappa shape index (κ1) is 15.3. The van der Waals surface area contributed by atoms with E-state index in [0.29, 0.717) is 5.92 Å². The monoisotopic (exact) mass is 308 g/mol. The lowest BCUT2D eigenvalue weighted by Crippen LogP contribution is -2.64. The highest BCUT2D eigenvalue weighted by Crippen LogP contribution is 2.40. The second-order valence-electron chi connectivity index (χ2n) is 6.88. The quantitative estimate of drug-likeness (QED) is 0.931. The topological polar surface area (TPSA) is 45.4 Å². The number of piperazine rings is 1. The summed E-state index contributed by atoms with van der Waals surface area (Å²) in [6.07, 6.45) is 5.82. The summed E-state index contributed by atoms with van der Waals surface area (Å²) in [7, 11) is 0. The van der Waals surface area contributed by atoms with E-state index in [1.165, 1.54) is 24.4 Å². The molecule has 2 fully saturated rings. The number of hydrogen-bond donors (Lipinski definition) is 1. The van der Waals surface area contributed by atoms with Crippen LogP contribution in [0.2, 0.25) is 0 Å². The normalized spacial score (nSPS) is 35.1. The van der Waals surface area contributed by atoms with Gasteiger partial charge >= 0.3 is 0 Å². The van der Waals surface area contributed by atoms with Crippen molar-refractivity contribution in [2.75, 3.05) is 37.6 Å². The lowest BCUT2D eigenvalue weighted by molar-refractivity contribution is -0.00363. The van der Waals surface area contributed by atoms with Gasteiger partial charge in [0.2, 0.25) is 0 Å². The summed E-state index contributed by atoms with van der Waals surface area (Å²) >= 11 is 1.74. The zero-order valence-corrected chi connectivity index (χ0v) is 14.1. The molecule has 5 heteroatoms. The van der Waals surface area contributed by atoms with Crippen molar-refractivity contribution in [3.63, 3.8) is 0 Å². The molecule has 118 valence electrons. The summed E-state index contributed by atoms with van der Waals surface area (Å²) in [5.74, 6) is 1.56. The Morgan fingerprint density at radius 2 is 2.10 bits per heavy atom. The fourth-order valence-electron chi connectivity index (χ4n) is 4.30. The number of thiazole rings is 1. The molecule has 0 aromatic carbocycles. The van der Waals surface area contributed by atoms with Gasteiger partial charge in [0.25, 0.3) is 0 Å². The fraction of sp³-hybridized carbons (Fsp3) is 0.812. The third-order valence-corrected chi connectivity index (χ3v) is 6.53. The van der Waals surface area contributed by atoms with Crippen LogP contribution in [0.5, 0.6) is 0 Å². The van der Waals surface area contributed by atoms with Gasteiger partial charge in [0.15, 0.2) is 5.13 Å². The highest BCUT2D eigenvalue weighted by atomic mass is 32.1. The first-order valence-corrected chi connectivity index (χ1v) is 9.13. The van der Waals surface area contributed by atoms with E-state index in [9.17, 15) is 0 Å². The van der Waals surface area contributed by atoms with Gasteiger partial charge in [-0.2, -0.15) is 0 Å². The van der Waals surface area contributed by atoms with E-state index in [1.807, 2.05) is 6.20 Å². The Morgan fingerprint density at radius 3 is 2.67 bits per heavy atom. The summed E-state index contributed by atoms with van der Waals surface area (Å²) in [4.78, 5) is 9.55. The number of anilines is 1. The SMILES string of the molecule is CC1CCC(CN)(N2CCN(c3nccs3)CC2)C(C)C1. The van der Waals surface area contributed by atoms with Gasteiger partial charge in [-0.1, -0.05) is 13.8 Å². The van der Waals surface area contributed by atoms with Crippen molar-refractivity contribution >= 4 is 16.5 Å². The van der Waals surface area contributed by atoms with Crippen LogP contribution in [-0.4, -0.2) is 48.1 Å². The second kappa shape index (κ2) is 6.23. The summed E-state index contributed by atoms with van der Waals surface area (Å²) in [6.45, 7) is 10.0. The molecule has 1 aromatic heterocycles. The molecule has 2 N–H and O–H groups in total. The molecule has 1 aliphatic carbocycles. The van der Waals surface area contributed by atoms with E-state index in [0.717, 1.165) is 38.6 Å². The van der Waals surface area contributed by atoms with Crippen LogP contribution in [0.4, 0.5) is 5.13 Å². The molecule has 3 atom stereocenters. The predicted molar refractivity (Wildman–Crippen MR) is 89.9 cm³/mol. The van der Waals surface area contributed by atoms with Gasteiger partial charge in [0.05, 0.1) is 0 Å². The predicted octanol–water partition coefficient (Wildman–Crippen LogP) is 2.42. The highest BCUT2D eigenvalue weighted by molar-refractivity contribution is 7.13. The summed E-state index contributed by atoms with van der Waals surface area (Å²) in [6, 6.07) is 0. The minimum absolute atomic E-state index is 0.238. The minimum atomic E-state index is 0.238. The van der Waals surface area contributed by atoms with Crippen LogP contribution in [0.1, 0.15) is 33.1 Å². The molecule has 0 bridgehead atoms. The minimum Gasteiger partial charge on any atom is -0.346 e. The molecule has 1 saturated carbocycles. The van der Waals surface area contributed by atoms with Gasteiger partial charge in [-0.15, -0.1) is 11.3 Å². The van der Waals surface area contributed by atoms with Crippen molar-refractivity contribution in [1.82, 2.24) is 9.88 Å². The van der Waals surface area contributed by atoms with Gasteiger partial charge in [-0.05, 0) is 31.1 Å². The molecule has 2 aliphatic rings.